The zero-order chi connectivity index (χ0) is 17.1. The van der Waals surface area contributed by atoms with Crippen LogP contribution in [0.5, 0.6) is 0 Å². The van der Waals surface area contributed by atoms with Crippen LogP contribution in [0.1, 0.15) is 31.4 Å². The molecule has 6 nitrogen and oxygen atoms in total. The standard InChI is InChI=1S/C18H22N4O2/c1-12-16(11-22(21-12)15-8-3-2-4-9-15)20-18(24)14-7-5-6-13(10-14)17(19)23/h2-4,8-9,11,13-14H,5-7,10H2,1H3,(H2,19,23)(H,20,24). The third kappa shape index (κ3) is 3.48. The molecule has 0 aliphatic heterocycles. The lowest BCUT2D eigenvalue weighted by atomic mass is 9.80. The molecule has 2 amide bonds. The van der Waals surface area contributed by atoms with E-state index in [1.54, 1.807) is 4.68 Å². The van der Waals surface area contributed by atoms with Gasteiger partial charge < -0.3 is 11.1 Å². The van der Waals surface area contributed by atoms with Gasteiger partial charge in [0, 0.05) is 11.8 Å². The fourth-order valence-electron chi connectivity index (χ4n) is 3.22. The second-order valence-corrected chi connectivity index (χ2v) is 6.36. The van der Waals surface area contributed by atoms with E-state index < -0.39 is 0 Å². The number of hydrogen-bond donors (Lipinski definition) is 2. The molecule has 6 heteroatoms. The number of aromatic nitrogens is 2. The molecule has 3 rings (SSSR count). The smallest absolute Gasteiger partial charge is 0.227 e. The monoisotopic (exact) mass is 326 g/mol. The van der Waals surface area contributed by atoms with Crippen LogP contribution < -0.4 is 11.1 Å². The molecule has 1 aromatic heterocycles. The summed E-state index contributed by atoms with van der Waals surface area (Å²) in [5, 5.41) is 7.41. The summed E-state index contributed by atoms with van der Waals surface area (Å²) >= 11 is 0. The topological polar surface area (TPSA) is 90.0 Å². The van der Waals surface area contributed by atoms with Gasteiger partial charge in [-0.2, -0.15) is 5.10 Å². The Morgan fingerprint density at radius 3 is 2.62 bits per heavy atom. The van der Waals surface area contributed by atoms with Crippen molar-refractivity contribution < 1.29 is 9.59 Å². The third-order valence-corrected chi connectivity index (χ3v) is 4.62. The van der Waals surface area contributed by atoms with E-state index in [2.05, 4.69) is 10.4 Å². The van der Waals surface area contributed by atoms with Gasteiger partial charge in [0.1, 0.15) is 0 Å². The van der Waals surface area contributed by atoms with Crippen molar-refractivity contribution >= 4 is 17.5 Å². The number of para-hydroxylation sites is 1. The third-order valence-electron chi connectivity index (χ3n) is 4.62. The summed E-state index contributed by atoms with van der Waals surface area (Å²) in [6, 6.07) is 9.74. The second-order valence-electron chi connectivity index (χ2n) is 6.36. The molecule has 0 radical (unpaired) electrons. The molecular weight excluding hydrogens is 304 g/mol. The van der Waals surface area contributed by atoms with Crippen molar-refractivity contribution in [3.8, 4) is 5.69 Å². The Morgan fingerprint density at radius 2 is 1.92 bits per heavy atom. The number of rotatable bonds is 4. The molecule has 1 saturated carbocycles. The number of amides is 2. The van der Waals surface area contributed by atoms with E-state index in [-0.39, 0.29) is 23.7 Å². The summed E-state index contributed by atoms with van der Waals surface area (Å²) in [7, 11) is 0. The molecule has 2 atom stereocenters. The Kier molecular flexibility index (Phi) is 4.64. The first-order valence-electron chi connectivity index (χ1n) is 8.26. The Labute approximate surface area is 141 Å². The Balaban J connectivity index is 1.71. The highest BCUT2D eigenvalue weighted by Crippen LogP contribution is 2.30. The Bertz CT molecular complexity index is 739. The Hall–Kier alpha value is -2.63. The van der Waals surface area contributed by atoms with E-state index in [0.717, 1.165) is 30.6 Å². The van der Waals surface area contributed by atoms with Crippen LogP contribution in [0.3, 0.4) is 0 Å². The number of nitrogens with one attached hydrogen (secondary N) is 1. The zero-order valence-corrected chi connectivity index (χ0v) is 13.7. The lowest BCUT2D eigenvalue weighted by Crippen LogP contribution is -2.33. The van der Waals surface area contributed by atoms with Crippen molar-refractivity contribution in [3.05, 3.63) is 42.2 Å². The van der Waals surface area contributed by atoms with Crippen LogP contribution in [-0.2, 0) is 9.59 Å². The molecule has 1 fully saturated rings. The van der Waals surface area contributed by atoms with Gasteiger partial charge in [-0.1, -0.05) is 24.6 Å². The highest BCUT2D eigenvalue weighted by Gasteiger charge is 2.30. The van der Waals surface area contributed by atoms with Gasteiger partial charge in [0.2, 0.25) is 11.8 Å². The van der Waals surface area contributed by atoms with Crippen molar-refractivity contribution in [1.82, 2.24) is 9.78 Å². The summed E-state index contributed by atoms with van der Waals surface area (Å²) in [4.78, 5) is 23.9. The molecule has 126 valence electrons. The van der Waals surface area contributed by atoms with Crippen LogP contribution in [0, 0.1) is 18.8 Å². The maximum Gasteiger partial charge on any atom is 0.227 e. The fraction of sp³-hybridized carbons (Fsp3) is 0.389. The number of nitrogens with two attached hydrogens (primary N) is 1. The molecule has 24 heavy (non-hydrogen) atoms. The van der Waals surface area contributed by atoms with E-state index in [4.69, 9.17) is 5.73 Å². The largest absolute Gasteiger partial charge is 0.369 e. The van der Waals surface area contributed by atoms with Crippen LogP contribution in [0.2, 0.25) is 0 Å². The van der Waals surface area contributed by atoms with E-state index in [1.807, 2.05) is 43.5 Å². The Morgan fingerprint density at radius 1 is 1.21 bits per heavy atom. The average molecular weight is 326 g/mol. The summed E-state index contributed by atoms with van der Waals surface area (Å²) < 4.78 is 1.75. The number of aryl methyl sites for hydroxylation is 1. The highest BCUT2D eigenvalue weighted by atomic mass is 16.2. The van der Waals surface area contributed by atoms with E-state index in [9.17, 15) is 9.59 Å². The molecule has 1 heterocycles. The van der Waals surface area contributed by atoms with Crippen molar-refractivity contribution in [2.45, 2.75) is 32.6 Å². The first-order valence-corrected chi connectivity index (χ1v) is 8.26. The van der Waals surface area contributed by atoms with Crippen molar-refractivity contribution in [1.29, 1.82) is 0 Å². The zero-order valence-electron chi connectivity index (χ0n) is 13.7. The van der Waals surface area contributed by atoms with Crippen LogP contribution in [0.25, 0.3) is 5.69 Å². The number of primary amides is 1. The van der Waals surface area contributed by atoms with Crippen molar-refractivity contribution in [2.24, 2.45) is 17.6 Å². The van der Waals surface area contributed by atoms with Crippen LogP contribution in [-0.4, -0.2) is 21.6 Å². The minimum atomic E-state index is -0.305. The van der Waals surface area contributed by atoms with Gasteiger partial charge >= 0.3 is 0 Å². The van der Waals surface area contributed by atoms with E-state index in [0.29, 0.717) is 12.1 Å². The van der Waals surface area contributed by atoms with Crippen LogP contribution in [0.4, 0.5) is 5.69 Å². The minimum absolute atomic E-state index is 0.0586. The first-order chi connectivity index (χ1) is 11.5. The van der Waals surface area contributed by atoms with Gasteiger partial charge in [-0.25, -0.2) is 4.68 Å². The fourth-order valence-corrected chi connectivity index (χ4v) is 3.22. The maximum atomic E-state index is 12.5. The highest BCUT2D eigenvalue weighted by molar-refractivity contribution is 5.93. The minimum Gasteiger partial charge on any atom is -0.369 e. The number of carbonyl (C=O) groups is 2. The van der Waals surface area contributed by atoms with Gasteiger partial charge in [-0.05, 0) is 38.3 Å². The normalized spacial score (nSPS) is 20.5. The average Bonchev–Trinajstić information content (AvgIpc) is 2.96. The molecule has 1 aliphatic carbocycles. The SMILES string of the molecule is Cc1nn(-c2ccccc2)cc1NC(=O)C1CCCC(C(N)=O)C1. The van der Waals surface area contributed by atoms with E-state index >= 15 is 0 Å². The predicted molar refractivity (Wildman–Crippen MR) is 91.6 cm³/mol. The van der Waals surface area contributed by atoms with Gasteiger partial charge in [0.15, 0.2) is 0 Å². The van der Waals surface area contributed by atoms with Gasteiger partial charge in [-0.15, -0.1) is 0 Å². The second kappa shape index (κ2) is 6.86. The molecule has 3 N–H and O–H groups in total. The molecular formula is C18H22N4O2. The molecule has 2 aromatic rings. The summed E-state index contributed by atoms with van der Waals surface area (Å²) in [5.41, 5.74) is 7.79. The summed E-state index contributed by atoms with van der Waals surface area (Å²) in [5.74, 6) is -0.726. The number of hydrogen-bond acceptors (Lipinski definition) is 3. The molecule has 2 unspecified atom stereocenters. The maximum absolute atomic E-state index is 12.5. The number of anilines is 1. The van der Waals surface area contributed by atoms with Gasteiger partial charge in [-0.3, -0.25) is 9.59 Å². The van der Waals surface area contributed by atoms with Gasteiger partial charge in [0.25, 0.3) is 0 Å². The molecule has 1 aromatic carbocycles. The lowest BCUT2D eigenvalue weighted by Gasteiger charge is -2.26. The predicted octanol–water partition coefficient (Wildman–Crippen LogP) is 2.41. The van der Waals surface area contributed by atoms with Crippen molar-refractivity contribution in [3.63, 3.8) is 0 Å². The summed E-state index contributed by atoms with van der Waals surface area (Å²) in [6.07, 6.45) is 4.78. The molecule has 0 spiro atoms. The quantitative estimate of drug-likeness (QED) is 0.904. The number of carbonyl (C=O) groups excluding carboxylic acids is 2. The number of nitrogens with zero attached hydrogens (tertiary/aromatic N) is 2. The van der Waals surface area contributed by atoms with Gasteiger partial charge in [0.05, 0.1) is 23.3 Å². The number of benzene rings is 1. The van der Waals surface area contributed by atoms with Crippen molar-refractivity contribution in [2.75, 3.05) is 5.32 Å². The molecule has 0 saturated heterocycles. The van der Waals surface area contributed by atoms with Crippen LogP contribution in [0.15, 0.2) is 36.5 Å². The molecule has 1 aliphatic rings. The molecule has 0 bridgehead atoms. The lowest BCUT2D eigenvalue weighted by molar-refractivity contribution is -0.125. The van der Waals surface area contributed by atoms with E-state index in [1.165, 1.54) is 0 Å². The summed E-state index contributed by atoms with van der Waals surface area (Å²) in [6.45, 7) is 1.86. The van der Waals surface area contributed by atoms with Crippen LogP contribution >= 0.6 is 0 Å². The first kappa shape index (κ1) is 16.2.